The fourth-order valence-electron chi connectivity index (χ4n) is 3.90. The highest BCUT2D eigenvalue weighted by Gasteiger charge is 2.31. The van der Waals surface area contributed by atoms with Gasteiger partial charge >= 0.3 is 0 Å². The molecule has 0 amide bonds. The van der Waals surface area contributed by atoms with Gasteiger partial charge in [0.05, 0.1) is 12.1 Å². The zero-order chi connectivity index (χ0) is 15.1. The maximum atomic E-state index is 10.6. The molecule has 0 bridgehead atoms. The second-order valence-corrected chi connectivity index (χ2v) is 6.31. The van der Waals surface area contributed by atoms with E-state index in [1.807, 2.05) is 12.1 Å². The van der Waals surface area contributed by atoms with Crippen molar-refractivity contribution < 1.29 is 10.2 Å². The molecule has 3 heteroatoms. The second kappa shape index (κ2) is 5.41. The summed E-state index contributed by atoms with van der Waals surface area (Å²) in [6.45, 7) is 0. The van der Waals surface area contributed by atoms with Gasteiger partial charge in [-0.25, -0.2) is 0 Å². The zero-order valence-corrected chi connectivity index (χ0v) is 12.5. The maximum absolute atomic E-state index is 10.6. The van der Waals surface area contributed by atoms with Crippen LogP contribution in [0, 0.1) is 0 Å². The first-order valence-electron chi connectivity index (χ1n) is 8.11. The molecule has 1 heterocycles. The Morgan fingerprint density at radius 2 is 1.32 bits per heavy atom. The van der Waals surface area contributed by atoms with E-state index in [9.17, 15) is 10.2 Å². The molecule has 1 fully saturated rings. The van der Waals surface area contributed by atoms with Crippen LogP contribution >= 0.6 is 0 Å². The molecule has 2 aromatic carbocycles. The zero-order valence-electron chi connectivity index (χ0n) is 12.5. The molecule has 114 valence electrons. The van der Waals surface area contributed by atoms with Crippen molar-refractivity contribution in [2.75, 3.05) is 0 Å². The fraction of sp³-hybridized carbons (Fsp3) is 0.368. The van der Waals surface area contributed by atoms with Crippen molar-refractivity contribution in [2.24, 2.45) is 0 Å². The van der Waals surface area contributed by atoms with Crippen molar-refractivity contribution in [1.29, 1.82) is 0 Å². The molecule has 0 unspecified atom stereocenters. The van der Waals surface area contributed by atoms with Crippen LogP contribution in [0.4, 0.5) is 0 Å². The molecule has 4 rings (SSSR count). The Morgan fingerprint density at radius 3 is 1.95 bits per heavy atom. The van der Waals surface area contributed by atoms with E-state index >= 15 is 0 Å². The first-order valence-corrected chi connectivity index (χ1v) is 8.11. The van der Waals surface area contributed by atoms with Gasteiger partial charge in [-0.05, 0) is 25.0 Å². The average Bonchev–Trinajstić information content (AvgIpc) is 2.79. The van der Waals surface area contributed by atoms with Crippen molar-refractivity contribution in [3.05, 3.63) is 48.5 Å². The van der Waals surface area contributed by atoms with Gasteiger partial charge in [0.1, 0.15) is 6.10 Å². The molecule has 1 aliphatic rings. The predicted octanol–water partition coefficient (Wildman–Crippen LogP) is 3.63. The topological polar surface area (TPSA) is 45.4 Å². The lowest BCUT2D eigenvalue weighted by Crippen LogP contribution is -2.33. The summed E-state index contributed by atoms with van der Waals surface area (Å²) in [6, 6.07) is 16.6. The Hall–Kier alpha value is -1.84. The lowest BCUT2D eigenvalue weighted by molar-refractivity contribution is -0.00892. The van der Waals surface area contributed by atoms with Crippen LogP contribution in [-0.2, 0) is 0 Å². The number of aliphatic hydroxyl groups excluding tert-OH is 2. The van der Waals surface area contributed by atoms with Crippen LogP contribution in [0.5, 0.6) is 0 Å². The van der Waals surface area contributed by atoms with Crippen LogP contribution in [-0.4, -0.2) is 27.0 Å². The molecule has 0 saturated heterocycles. The van der Waals surface area contributed by atoms with Gasteiger partial charge in [-0.2, -0.15) is 0 Å². The molecule has 1 saturated carbocycles. The first kappa shape index (κ1) is 13.8. The van der Waals surface area contributed by atoms with Crippen molar-refractivity contribution in [3.63, 3.8) is 0 Å². The van der Waals surface area contributed by atoms with Crippen LogP contribution in [0.3, 0.4) is 0 Å². The van der Waals surface area contributed by atoms with E-state index in [1.54, 1.807) is 0 Å². The first-order chi connectivity index (χ1) is 10.8. The summed E-state index contributed by atoms with van der Waals surface area (Å²) < 4.78 is 2.24. The number of aliphatic hydroxyl groups is 2. The number of fused-ring (bicyclic) bond motifs is 3. The molecular formula is C19H21NO2. The standard InChI is InChI=1S/C19H21NO2/c21-18-12-6-5-11-17(19(18)22)20-15-9-3-1-7-13(15)14-8-2-4-10-16(14)20/h1-4,7-10,17-19,21-22H,5-6,11-12H2/t17-,18-,19+/m0/s1. The van der Waals surface area contributed by atoms with E-state index in [-0.39, 0.29) is 6.04 Å². The Bertz CT molecular complexity index is 754. The molecule has 3 atom stereocenters. The van der Waals surface area contributed by atoms with Gasteiger partial charge in [0, 0.05) is 21.8 Å². The van der Waals surface area contributed by atoms with E-state index in [0.717, 1.165) is 30.3 Å². The summed E-state index contributed by atoms with van der Waals surface area (Å²) in [4.78, 5) is 0. The minimum Gasteiger partial charge on any atom is -0.390 e. The number of para-hydroxylation sites is 2. The molecule has 0 aliphatic heterocycles. The molecular weight excluding hydrogens is 274 g/mol. The predicted molar refractivity (Wildman–Crippen MR) is 89.0 cm³/mol. The number of benzene rings is 2. The smallest absolute Gasteiger partial charge is 0.101 e. The van der Waals surface area contributed by atoms with Crippen LogP contribution in [0.1, 0.15) is 31.7 Å². The van der Waals surface area contributed by atoms with Crippen LogP contribution in [0.15, 0.2) is 48.5 Å². The van der Waals surface area contributed by atoms with Crippen molar-refractivity contribution in [2.45, 2.75) is 43.9 Å². The largest absolute Gasteiger partial charge is 0.390 e. The maximum Gasteiger partial charge on any atom is 0.101 e. The Morgan fingerprint density at radius 1 is 0.773 bits per heavy atom. The van der Waals surface area contributed by atoms with Gasteiger partial charge in [0.2, 0.25) is 0 Å². The summed E-state index contributed by atoms with van der Waals surface area (Å²) in [5.41, 5.74) is 2.28. The van der Waals surface area contributed by atoms with Gasteiger partial charge in [-0.15, -0.1) is 0 Å². The molecule has 22 heavy (non-hydrogen) atoms. The monoisotopic (exact) mass is 295 g/mol. The number of rotatable bonds is 1. The third kappa shape index (κ3) is 2.04. The van der Waals surface area contributed by atoms with Gasteiger partial charge in [0.25, 0.3) is 0 Å². The summed E-state index contributed by atoms with van der Waals surface area (Å²) in [6.07, 6.45) is 2.27. The second-order valence-electron chi connectivity index (χ2n) is 6.31. The summed E-state index contributed by atoms with van der Waals surface area (Å²) in [5, 5.41) is 23.3. The van der Waals surface area contributed by atoms with E-state index in [0.29, 0.717) is 6.42 Å². The van der Waals surface area contributed by atoms with E-state index in [1.165, 1.54) is 10.8 Å². The summed E-state index contributed by atoms with van der Waals surface area (Å²) in [7, 11) is 0. The van der Waals surface area contributed by atoms with Crippen molar-refractivity contribution in [3.8, 4) is 0 Å². The van der Waals surface area contributed by atoms with Gasteiger partial charge in [-0.1, -0.05) is 49.2 Å². The normalized spacial score (nSPS) is 26.4. The van der Waals surface area contributed by atoms with E-state index < -0.39 is 12.2 Å². The fourth-order valence-corrected chi connectivity index (χ4v) is 3.90. The third-order valence-corrected chi connectivity index (χ3v) is 4.99. The van der Waals surface area contributed by atoms with Crippen LogP contribution in [0.25, 0.3) is 21.8 Å². The molecule has 1 aromatic heterocycles. The lowest BCUT2D eigenvalue weighted by Gasteiger charge is -2.27. The van der Waals surface area contributed by atoms with Gasteiger partial charge in [-0.3, -0.25) is 0 Å². The Kier molecular flexibility index (Phi) is 3.40. The quantitative estimate of drug-likeness (QED) is 0.673. The Balaban J connectivity index is 1.99. The molecule has 0 radical (unpaired) electrons. The van der Waals surface area contributed by atoms with E-state index in [4.69, 9.17) is 0 Å². The van der Waals surface area contributed by atoms with Crippen LogP contribution < -0.4 is 0 Å². The minimum atomic E-state index is -0.707. The number of nitrogens with zero attached hydrogens (tertiary/aromatic N) is 1. The highest BCUT2D eigenvalue weighted by Crippen LogP contribution is 2.37. The SMILES string of the molecule is O[C@H]1[C@@H](O)CCCC[C@@H]1n1c2ccccc2c2ccccc21. The molecule has 2 N–H and O–H groups in total. The molecule has 3 aromatic rings. The molecule has 0 spiro atoms. The summed E-state index contributed by atoms with van der Waals surface area (Å²) in [5.74, 6) is 0. The van der Waals surface area contributed by atoms with Crippen molar-refractivity contribution >= 4 is 21.8 Å². The summed E-state index contributed by atoms with van der Waals surface area (Å²) >= 11 is 0. The highest BCUT2D eigenvalue weighted by molar-refractivity contribution is 6.08. The van der Waals surface area contributed by atoms with Crippen LogP contribution in [0.2, 0.25) is 0 Å². The number of hydrogen-bond acceptors (Lipinski definition) is 2. The average molecular weight is 295 g/mol. The number of hydrogen-bond donors (Lipinski definition) is 2. The molecule has 1 aliphatic carbocycles. The van der Waals surface area contributed by atoms with Gasteiger partial charge in [0.15, 0.2) is 0 Å². The highest BCUT2D eigenvalue weighted by atomic mass is 16.3. The molecule has 3 nitrogen and oxygen atoms in total. The van der Waals surface area contributed by atoms with E-state index in [2.05, 4.69) is 41.0 Å². The van der Waals surface area contributed by atoms with Crippen molar-refractivity contribution in [1.82, 2.24) is 4.57 Å². The number of aromatic nitrogens is 1. The van der Waals surface area contributed by atoms with Gasteiger partial charge < -0.3 is 14.8 Å². The third-order valence-electron chi connectivity index (χ3n) is 4.99. The lowest BCUT2D eigenvalue weighted by atomic mass is 10.0. The Labute approximate surface area is 129 Å². The minimum absolute atomic E-state index is 0.0673.